The molecule has 1 saturated carbocycles. The summed E-state index contributed by atoms with van der Waals surface area (Å²) in [5.41, 5.74) is 2.83. The van der Waals surface area contributed by atoms with E-state index < -0.39 is 5.97 Å². The third kappa shape index (κ3) is 4.09. The number of nitrogens with one attached hydrogen (secondary N) is 1. The zero-order chi connectivity index (χ0) is 22.9. The number of fused-ring (bicyclic) bond motifs is 1. The van der Waals surface area contributed by atoms with Gasteiger partial charge in [-0.25, -0.2) is 4.79 Å². The first-order valence-electron chi connectivity index (χ1n) is 11.1. The van der Waals surface area contributed by atoms with E-state index in [1.807, 2.05) is 48.5 Å². The molecule has 0 spiro atoms. The summed E-state index contributed by atoms with van der Waals surface area (Å²) in [6.07, 6.45) is 4.91. The van der Waals surface area contributed by atoms with E-state index in [0.29, 0.717) is 22.7 Å². The summed E-state index contributed by atoms with van der Waals surface area (Å²) in [5, 5.41) is 12.9. The third-order valence-electron chi connectivity index (χ3n) is 6.35. The zero-order valence-corrected chi connectivity index (χ0v) is 19.1. The standard InChI is InChI=1S/C26H25NO5S/c1-31-20-13-16(11-12-19(20)32-17-9-5-6-10-17)18-14-21(28)27-23-22(15-7-3-2-4-8-15)25(26(29)30)33-24(18)23/h2-4,7-8,11-13,17-18H,5-6,9-10,14H2,1H3,(H,27,28)(H,29,30). The van der Waals surface area contributed by atoms with Crippen LogP contribution in [0.4, 0.5) is 5.69 Å². The molecule has 2 N–H and O–H groups in total. The van der Waals surface area contributed by atoms with Crippen molar-refractivity contribution in [1.29, 1.82) is 0 Å². The molecule has 2 aliphatic rings. The van der Waals surface area contributed by atoms with Gasteiger partial charge < -0.3 is 19.9 Å². The number of carbonyl (C=O) groups excluding carboxylic acids is 1. The number of ether oxygens (including phenoxy) is 2. The Labute approximate surface area is 196 Å². The SMILES string of the molecule is COc1cc(C2CC(=O)Nc3c2sc(C(=O)O)c3-c2ccccc2)ccc1OC1CCCC1. The van der Waals surface area contributed by atoms with E-state index >= 15 is 0 Å². The van der Waals surface area contributed by atoms with Gasteiger partial charge in [-0.15, -0.1) is 11.3 Å². The highest BCUT2D eigenvalue weighted by atomic mass is 32.1. The third-order valence-corrected chi connectivity index (χ3v) is 7.64. The Balaban J connectivity index is 1.57. The molecule has 0 saturated heterocycles. The van der Waals surface area contributed by atoms with Crippen molar-refractivity contribution in [3.8, 4) is 22.6 Å². The highest BCUT2D eigenvalue weighted by molar-refractivity contribution is 7.15. The van der Waals surface area contributed by atoms with Crippen LogP contribution >= 0.6 is 11.3 Å². The Kier molecular flexibility index (Phi) is 5.81. The van der Waals surface area contributed by atoms with Crippen molar-refractivity contribution in [1.82, 2.24) is 0 Å². The van der Waals surface area contributed by atoms with Crippen LogP contribution < -0.4 is 14.8 Å². The summed E-state index contributed by atoms with van der Waals surface area (Å²) < 4.78 is 11.8. The molecule has 1 unspecified atom stereocenters. The number of amides is 1. The van der Waals surface area contributed by atoms with Gasteiger partial charge in [0.25, 0.3) is 0 Å². The second-order valence-corrected chi connectivity index (χ2v) is 9.51. The number of hydrogen-bond acceptors (Lipinski definition) is 5. The predicted octanol–water partition coefficient (Wildman–Crippen LogP) is 5.92. The van der Waals surface area contributed by atoms with E-state index in [0.717, 1.165) is 28.8 Å². The summed E-state index contributed by atoms with van der Waals surface area (Å²) in [5.74, 6) is -0.0613. The van der Waals surface area contributed by atoms with Crippen LogP contribution in [0.3, 0.4) is 0 Å². The maximum absolute atomic E-state index is 12.7. The fourth-order valence-corrected chi connectivity index (χ4v) is 6.02. The number of rotatable bonds is 6. The smallest absolute Gasteiger partial charge is 0.346 e. The van der Waals surface area contributed by atoms with Gasteiger partial charge in [0, 0.05) is 22.8 Å². The number of methoxy groups -OCH3 is 1. The molecule has 1 atom stereocenters. The van der Waals surface area contributed by atoms with Gasteiger partial charge >= 0.3 is 5.97 Å². The molecule has 2 heterocycles. The molecule has 7 heteroatoms. The van der Waals surface area contributed by atoms with E-state index in [9.17, 15) is 14.7 Å². The quantitative estimate of drug-likeness (QED) is 0.474. The average molecular weight is 464 g/mol. The van der Waals surface area contributed by atoms with E-state index in [2.05, 4.69) is 5.32 Å². The van der Waals surface area contributed by atoms with E-state index in [4.69, 9.17) is 9.47 Å². The molecular weight excluding hydrogens is 438 g/mol. The average Bonchev–Trinajstić information content (AvgIpc) is 3.47. The van der Waals surface area contributed by atoms with Gasteiger partial charge in [0.1, 0.15) is 4.88 Å². The second kappa shape index (κ2) is 8.90. The van der Waals surface area contributed by atoms with Crippen LogP contribution in [0.1, 0.15) is 58.1 Å². The lowest BCUT2D eigenvalue weighted by Gasteiger charge is -2.25. The van der Waals surface area contributed by atoms with Crippen LogP contribution in [0.25, 0.3) is 11.1 Å². The molecule has 0 radical (unpaired) electrons. The number of aromatic carboxylic acids is 1. The minimum absolute atomic E-state index is 0.135. The van der Waals surface area contributed by atoms with Gasteiger partial charge in [-0.2, -0.15) is 0 Å². The maximum atomic E-state index is 12.7. The van der Waals surface area contributed by atoms with Gasteiger partial charge in [-0.05, 0) is 48.9 Å². The van der Waals surface area contributed by atoms with Crippen molar-refractivity contribution in [3.05, 3.63) is 63.8 Å². The van der Waals surface area contributed by atoms with Crippen molar-refractivity contribution < 1.29 is 24.2 Å². The fourth-order valence-electron chi connectivity index (χ4n) is 4.77. The fraction of sp³-hybridized carbons (Fsp3) is 0.308. The molecule has 6 nitrogen and oxygen atoms in total. The molecule has 1 amide bonds. The van der Waals surface area contributed by atoms with Gasteiger partial charge in [-0.3, -0.25) is 4.79 Å². The number of anilines is 1. The van der Waals surface area contributed by atoms with Gasteiger partial charge in [0.2, 0.25) is 5.91 Å². The summed E-state index contributed by atoms with van der Waals surface area (Å²) in [7, 11) is 1.61. The van der Waals surface area contributed by atoms with Crippen LogP contribution in [0.2, 0.25) is 0 Å². The van der Waals surface area contributed by atoms with Gasteiger partial charge in [0.15, 0.2) is 11.5 Å². The first-order valence-corrected chi connectivity index (χ1v) is 12.0. The number of hydrogen-bond donors (Lipinski definition) is 2. The molecule has 1 fully saturated rings. The van der Waals surface area contributed by atoms with Crippen LogP contribution in [0, 0.1) is 0 Å². The molecule has 5 rings (SSSR count). The Morgan fingerprint density at radius 2 is 1.85 bits per heavy atom. The second-order valence-electron chi connectivity index (χ2n) is 8.46. The minimum atomic E-state index is -1.00. The number of thiophene rings is 1. The summed E-state index contributed by atoms with van der Waals surface area (Å²) in [6.45, 7) is 0. The number of carboxylic acids is 1. The number of carboxylic acid groups (broad SMARTS) is 1. The monoisotopic (exact) mass is 463 g/mol. The van der Waals surface area contributed by atoms with Crippen LogP contribution in [0.15, 0.2) is 48.5 Å². The lowest BCUT2D eigenvalue weighted by atomic mass is 9.88. The zero-order valence-electron chi connectivity index (χ0n) is 18.3. The van der Waals surface area contributed by atoms with Crippen LogP contribution in [0.5, 0.6) is 11.5 Å². The molecular formula is C26H25NO5S. The van der Waals surface area contributed by atoms with Crippen molar-refractivity contribution in [2.24, 2.45) is 0 Å². The Morgan fingerprint density at radius 1 is 1.09 bits per heavy atom. The Morgan fingerprint density at radius 3 is 2.55 bits per heavy atom. The molecule has 1 aliphatic carbocycles. The topological polar surface area (TPSA) is 84.9 Å². The van der Waals surface area contributed by atoms with Crippen molar-refractivity contribution in [2.75, 3.05) is 12.4 Å². The van der Waals surface area contributed by atoms with E-state index in [1.165, 1.54) is 24.2 Å². The first-order chi connectivity index (χ1) is 16.0. The van der Waals surface area contributed by atoms with E-state index in [1.54, 1.807) is 7.11 Å². The molecule has 1 aliphatic heterocycles. The van der Waals surface area contributed by atoms with Crippen LogP contribution in [-0.2, 0) is 4.79 Å². The summed E-state index contributed by atoms with van der Waals surface area (Å²) >= 11 is 1.23. The predicted molar refractivity (Wildman–Crippen MR) is 128 cm³/mol. The lowest BCUT2D eigenvalue weighted by Crippen LogP contribution is -2.22. The summed E-state index contributed by atoms with van der Waals surface area (Å²) in [6, 6.07) is 15.1. The van der Waals surface area contributed by atoms with Gasteiger partial charge in [0.05, 0.1) is 18.9 Å². The largest absolute Gasteiger partial charge is 0.493 e. The first kappa shape index (κ1) is 21.5. The normalized spacial score (nSPS) is 18.0. The van der Waals surface area contributed by atoms with Crippen molar-refractivity contribution >= 4 is 28.9 Å². The summed E-state index contributed by atoms with van der Waals surface area (Å²) in [4.78, 5) is 25.9. The molecule has 2 aromatic carbocycles. The molecule has 0 bridgehead atoms. The minimum Gasteiger partial charge on any atom is -0.493 e. The van der Waals surface area contributed by atoms with Crippen molar-refractivity contribution in [2.45, 2.75) is 44.1 Å². The maximum Gasteiger partial charge on any atom is 0.346 e. The number of benzene rings is 2. The molecule has 3 aromatic rings. The van der Waals surface area contributed by atoms with Gasteiger partial charge in [-0.1, -0.05) is 36.4 Å². The number of carbonyl (C=O) groups is 2. The Bertz CT molecular complexity index is 1200. The van der Waals surface area contributed by atoms with Crippen LogP contribution in [-0.4, -0.2) is 30.2 Å². The van der Waals surface area contributed by atoms with Crippen molar-refractivity contribution in [3.63, 3.8) is 0 Å². The highest BCUT2D eigenvalue weighted by Crippen LogP contribution is 2.50. The molecule has 170 valence electrons. The Hall–Kier alpha value is -3.32. The lowest BCUT2D eigenvalue weighted by molar-refractivity contribution is -0.116. The van der Waals surface area contributed by atoms with E-state index in [-0.39, 0.29) is 29.2 Å². The molecule has 1 aromatic heterocycles. The highest BCUT2D eigenvalue weighted by Gasteiger charge is 2.35. The molecule has 33 heavy (non-hydrogen) atoms.